The second-order valence-electron chi connectivity index (χ2n) is 7.85. The van der Waals surface area contributed by atoms with Gasteiger partial charge in [-0.3, -0.25) is 0 Å². The summed E-state index contributed by atoms with van der Waals surface area (Å²) < 4.78 is 6.66. The van der Waals surface area contributed by atoms with Gasteiger partial charge in [-0.2, -0.15) is 0 Å². The highest BCUT2D eigenvalue weighted by molar-refractivity contribution is 5.53. The minimum atomic E-state index is -0.0654. The molecule has 1 saturated carbocycles. The van der Waals surface area contributed by atoms with Crippen molar-refractivity contribution >= 4 is 0 Å². The third kappa shape index (κ3) is 1.79. The van der Waals surface area contributed by atoms with E-state index in [9.17, 15) is 0 Å². The van der Waals surface area contributed by atoms with Gasteiger partial charge in [0.1, 0.15) is 0 Å². The summed E-state index contributed by atoms with van der Waals surface area (Å²) in [5, 5.41) is 0. The van der Waals surface area contributed by atoms with Crippen molar-refractivity contribution in [1.82, 2.24) is 0 Å². The number of aryl methyl sites for hydroxylation is 2. The van der Waals surface area contributed by atoms with E-state index in [0.29, 0.717) is 11.8 Å². The smallest absolute Gasteiger partial charge is 0.0946 e. The lowest BCUT2D eigenvalue weighted by Gasteiger charge is -2.48. The van der Waals surface area contributed by atoms with Crippen LogP contribution < -0.4 is 0 Å². The first kappa shape index (κ1) is 14.1. The predicted octanol–water partition coefficient (Wildman–Crippen LogP) is 5.15. The topological polar surface area (TPSA) is 9.23 Å². The standard InChI is InChI=1S/C19H28O/c1-11(2)16-15-13(4)10-12(3)14(5)17(15)19(8-9-19)20-18(16,6)7/h10-11,16H,8-9H2,1-7H3. The van der Waals surface area contributed by atoms with Gasteiger partial charge < -0.3 is 4.74 Å². The molecule has 1 aromatic rings. The molecule has 1 nitrogen and oxygen atoms in total. The molecule has 1 aliphatic carbocycles. The molecule has 1 unspecified atom stereocenters. The summed E-state index contributed by atoms with van der Waals surface area (Å²) in [6.45, 7) is 16.1. The van der Waals surface area contributed by atoms with Crippen LogP contribution in [0, 0.1) is 26.7 Å². The first-order valence-electron chi connectivity index (χ1n) is 8.01. The zero-order chi connectivity index (χ0) is 14.9. The fourth-order valence-electron chi connectivity index (χ4n) is 4.66. The maximum absolute atomic E-state index is 6.66. The minimum Gasteiger partial charge on any atom is -0.364 e. The zero-order valence-electron chi connectivity index (χ0n) is 14.1. The van der Waals surface area contributed by atoms with E-state index < -0.39 is 0 Å². The van der Waals surface area contributed by atoms with Crippen molar-refractivity contribution in [3.05, 3.63) is 33.9 Å². The van der Waals surface area contributed by atoms with E-state index in [1.165, 1.54) is 35.1 Å². The van der Waals surface area contributed by atoms with Gasteiger partial charge in [-0.05, 0) is 81.2 Å². The maximum Gasteiger partial charge on any atom is 0.0946 e. The van der Waals surface area contributed by atoms with Crippen molar-refractivity contribution < 1.29 is 4.74 Å². The van der Waals surface area contributed by atoms with Crippen molar-refractivity contribution in [1.29, 1.82) is 0 Å². The van der Waals surface area contributed by atoms with E-state index in [-0.39, 0.29) is 11.2 Å². The first-order chi connectivity index (χ1) is 9.19. The number of benzene rings is 1. The molecule has 0 amide bonds. The van der Waals surface area contributed by atoms with Crippen LogP contribution in [0.2, 0.25) is 0 Å². The average Bonchev–Trinajstić information content (AvgIpc) is 3.03. The van der Waals surface area contributed by atoms with Gasteiger partial charge in [0, 0.05) is 5.92 Å². The molecule has 0 aromatic heterocycles. The maximum atomic E-state index is 6.66. The van der Waals surface area contributed by atoms with Crippen molar-refractivity contribution in [3.63, 3.8) is 0 Å². The van der Waals surface area contributed by atoms with Crippen LogP contribution in [0.3, 0.4) is 0 Å². The van der Waals surface area contributed by atoms with Crippen LogP contribution >= 0.6 is 0 Å². The van der Waals surface area contributed by atoms with E-state index in [4.69, 9.17) is 4.74 Å². The van der Waals surface area contributed by atoms with Gasteiger partial charge in [-0.1, -0.05) is 19.9 Å². The van der Waals surface area contributed by atoms with Crippen LogP contribution in [0.25, 0.3) is 0 Å². The molecule has 1 aliphatic heterocycles. The fourth-order valence-corrected chi connectivity index (χ4v) is 4.66. The quantitative estimate of drug-likeness (QED) is 0.687. The molecule has 0 N–H and O–H groups in total. The lowest BCUT2D eigenvalue weighted by atomic mass is 9.69. The van der Waals surface area contributed by atoms with Crippen LogP contribution in [-0.2, 0) is 10.3 Å². The molecule has 0 saturated heterocycles. The second-order valence-corrected chi connectivity index (χ2v) is 7.85. The molecular weight excluding hydrogens is 244 g/mol. The Morgan fingerprint density at radius 2 is 1.70 bits per heavy atom. The molecule has 0 bridgehead atoms. The molecule has 0 radical (unpaired) electrons. The molecule has 2 aliphatic rings. The fraction of sp³-hybridized carbons (Fsp3) is 0.684. The van der Waals surface area contributed by atoms with Gasteiger partial charge >= 0.3 is 0 Å². The Bertz CT molecular complexity index is 562. The number of ether oxygens (including phenoxy) is 1. The minimum absolute atomic E-state index is 0.0328. The molecule has 1 heterocycles. The highest BCUT2D eigenvalue weighted by atomic mass is 16.5. The third-order valence-corrected chi connectivity index (χ3v) is 5.44. The summed E-state index contributed by atoms with van der Waals surface area (Å²) in [6, 6.07) is 2.38. The number of rotatable bonds is 1. The van der Waals surface area contributed by atoms with Crippen LogP contribution in [0.1, 0.15) is 74.3 Å². The molecule has 1 fully saturated rings. The Balaban J connectivity index is 2.32. The summed E-state index contributed by atoms with van der Waals surface area (Å²) in [5.74, 6) is 1.09. The van der Waals surface area contributed by atoms with Gasteiger partial charge in [-0.25, -0.2) is 0 Å². The molecule has 1 heteroatoms. The lowest BCUT2D eigenvalue weighted by molar-refractivity contribution is -0.127. The molecule has 20 heavy (non-hydrogen) atoms. The van der Waals surface area contributed by atoms with E-state index in [0.717, 1.165) is 0 Å². The Morgan fingerprint density at radius 1 is 1.10 bits per heavy atom. The van der Waals surface area contributed by atoms with Gasteiger partial charge in [-0.15, -0.1) is 0 Å². The number of hydrogen-bond donors (Lipinski definition) is 0. The average molecular weight is 272 g/mol. The lowest BCUT2D eigenvalue weighted by Crippen LogP contribution is -2.45. The van der Waals surface area contributed by atoms with Gasteiger partial charge in [0.05, 0.1) is 11.2 Å². The second kappa shape index (κ2) is 4.10. The van der Waals surface area contributed by atoms with Crippen LogP contribution in [0.5, 0.6) is 0 Å². The first-order valence-corrected chi connectivity index (χ1v) is 8.01. The highest BCUT2D eigenvalue weighted by Crippen LogP contribution is 2.61. The summed E-state index contributed by atoms with van der Waals surface area (Å²) in [4.78, 5) is 0. The van der Waals surface area contributed by atoms with Gasteiger partial charge in [0.15, 0.2) is 0 Å². The molecule has 1 spiro atoms. The molecule has 1 aromatic carbocycles. The monoisotopic (exact) mass is 272 g/mol. The Labute approximate surface area is 123 Å². The van der Waals surface area contributed by atoms with Crippen molar-refractivity contribution in [3.8, 4) is 0 Å². The van der Waals surface area contributed by atoms with Gasteiger partial charge in [0.2, 0.25) is 0 Å². The van der Waals surface area contributed by atoms with E-state index in [1.54, 1.807) is 5.56 Å². The highest BCUT2D eigenvalue weighted by Gasteiger charge is 2.57. The Kier molecular flexibility index (Phi) is 2.90. The zero-order valence-corrected chi connectivity index (χ0v) is 14.1. The molecular formula is C19H28O. The molecule has 1 atom stereocenters. The normalized spacial score (nSPS) is 25.9. The van der Waals surface area contributed by atoms with Crippen LogP contribution in [0.4, 0.5) is 0 Å². The Hall–Kier alpha value is -0.820. The van der Waals surface area contributed by atoms with E-state index >= 15 is 0 Å². The molecule has 110 valence electrons. The van der Waals surface area contributed by atoms with Crippen molar-refractivity contribution in [2.24, 2.45) is 5.92 Å². The van der Waals surface area contributed by atoms with Crippen LogP contribution in [-0.4, -0.2) is 5.60 Å². The Morgan fingerprint density at radius 3 is 2.20 bits per heavy atom. The largest absolute Gasteiger partial charge is 0.364 e. The summed E-state index contributed by atoms with van der Waals surface area (Å²) in [5.41, 5.74) is 7.44. The van der Waals surface area contributed by atoms with E-state index in [2.05, 4.69) is 54.5 Å². The van der Waals surface area contributed by atoms with Crippen molar-refractivity contribution in [2.45, 2.75) is 78.4 Å². The van der Waals surface area contributed by atoms with Crippen molar-refractivity contribution in [2.75, 3.05) is 0 Å². The third-order valence-electron chi connectivity index (χ3n) is 5.44. The SMILES string of the molecule is Cc1cc(C)c2c(c1C)C1(CC1)OC(C)(C)C2C(C)C. The van der Waals surface area contributed by atoms with Gasteiger partial charge in [0.25, 0.3) is 0 Å². The number of fused-ring (bicyclic) bond motifs is 2. The molecule has 3 rings (SSSR count). The summed E-state index contributed by atoms with van der Waals surface area (Å²) >= 11 is 0. The summed E-state index contributed by atoms with van der Waals surface area (Å²) in [7, 11) is 0. The van der Waals surface area contributed by atoms with Crippen LogP contribution in [0.15, 0.2) is 6.07 Å². The number of hydrogen-bond acceptors (Lipinski definition) is 1. The predicted molar refractivity (Wildman–Crippen MR) is 84.3 cm³/mol. The van der Waals surface area contributed by atoms with E-state index in [1.807, 2.05) is 0 Å². The summed E-state index contributed by atoms with van der Waals surface area (Å²) in [6.07, 6.45) is 2.38.